The number of halogens is 1. The molecule has 6 nitrogen and oxygen atoms in total. The molecule has 2 aromatic heterocycles. The van der Waals surface area contributed by atoms with Crippen molar-refractivity contribution in [2.24, 2.45) is 5.92 Å². The van der Waals surface area contributed by atoms with Crippen LogP contribution < -0.4 is 10.9 Å². The summed E-state index contributed by atoms with van der Waals surface area (Å²) in [7, 11) is 0. The molecule has 4 rings (SSSR count). The Hall–Kier alpha value is -3.35. The highest BCUT2D eigenvalue weighted by atomic mass is 19.1. The smallest absolute Gasteiger partial charge is 0.254 e. The first kappa shape index (κ1) is 19.0. The number of aryl methyl sites for hydroxylation is 1. The molecular weight excluding hydrogens is 371 g/mol. The Balaban J connectivity index is 1.45. The third-order valence-electron chi connectivity index (χ3n) is 5.30. The Morgan fingerprint density at radius 1 is 1.10 bits per heavy atom. The maximum Gasteiger partial charge on any atom is 0.254 e. The number of H-pyrrole nitrogens is 1. The zero-order chi connectivity index (χ0) is 20.2. The van der Waals surface area contributed by atoms with Gasteiger partial charge < -0.3 is 10.3 Å². The molecule has 2 heterocycles. The number of aromatic amines is 1. The van der Waals surface area contributed by atoms with Crippen LogP contribution in [-0.4, -0.2) is 27.4 Å². The van der Waals surface area contributed by atoms with Gasteiger partial charge in [-0.05, 0) is 68.0 Å². The molecule has 1 amide bonds. The van der Waals surface area contributed by atoms with Gasteiger partial charge in [0.25, 0.3) is 11.5 Å². The molecule has 1 unspecified atom stereocenters. The maximum atomic E-state index is 13.2. The molecule has 0 aliphatic heterocycles. The van der Waals surface area contributed by atoms with E-state index in [1.54, 1.807) is 36.7 Å². The van der Waals surface area contributed by atoms with Crippen molar-refractivity contribution in [1.29, 1.82) is 0 Å². The lowest BCUT2D eigenvalue weighted by molar-refractivity contribution is 0.0945. The molecule has 148 valence electrons. The first-order chi connectivity index (χ1) is 14.1. The number of nitrogens with one attached hydrogen (secondary N) is 2. The molecule has 1 aliphatic carbocycles. The molecule has 0 saturated heterocycles. The Morgan fingerprint density at radius 2 is 1.83 bits per heavy atom. The van der Waals surface area contributed by atoms with E-state index >= 15 is 0 Å². The van der Waals surface area contributed by atoms with Crippen LogP contribution in [0.5, 0.6) is 0 Å². The van der Waals surface area contributed by atoms with Gasteiger partial charge in [0.2, 0.25) is 0 Å². The van der Waals surface area contributed by atoms with Gasteiger partial charge in [0.05, 0.1) is 5.69 Å². The number of amides is 1. The minimum absolute atomic E-state index is 0.122. The van der Waals surface area contributed by atoms with Gasteiger partial charge in [0, 0.05) is 35.6 Å². The summed E-state index contributed by atoms with van der Waals surface area (Å²) in [5, 5.41) is 2.97. The van der Waals surface area contributed by atoms with Gasteiger partial charge in [-0.15, -0.1) is 0 Å². The highest BCUT2D eigenvalue weighted by Crippen LogP contribution is 2.23. The number of hydrogen-bond donors (Lipinski definition) is 2. The van der Waals surface area contributed by atoms with Crippen molar-refractivity contribution < 1.29 is 9.18 Å². The van der Waals surface area contributed by atoms with Crippen molar-refractivity contribution in [1.82, 2.24) is 20.3 Å². The molecule has 0 bridgehead atoms. The number of hydrogen-bond acceptors (Lipinski definition) is 4. The number of carbonyl (C=O) groups is 1. The van der Waals surface area contributed by atoms with Gasteiger partial charge in [0.15, 0.2) is 0 Å². The van der Waals surface area contributed by atoms with Crippen LogP contribution in [0.4, 0.5) is 4.39 Å². The second kappa shape index (κ2) is 8.34. The Bertz CT molecular complexity index is 1060. The molecule has 1 aliphatic rings. The fraction of sp³-hybridized carbons (Fsp3) is 0.273. The summed E-state index contributed by atoms with van der Waals surface area (Å²) in [6.45, 7) is 0.553. The van der Waals surface area contributed by atoms with Crippen LogP contribution >= 0.6 is 0 Å². The van der Waals surface area contributed by atoms with Crippen LogP contribution in [0.1, 0.15) is 34.5 Å². The average molecular weight is 392 g/mol. The van der Waals surface area contributed by atoms with E-state index in [1.165, 1.54) is 12.1 Å². The van der Waals surface area contributed by atoms with E-state index < -0.39 is 0 Å². The van der Waals surface area contributed by atoms with Gasteiger partial charge >= 0.3 is 0 Å². The lowest BCUT2D eigenvalue weighted by atomic mass is 9.99. The fourth-order valence-corrected chi connectivity index (χ4v) is 3.63. The summed E-state index contributed by atoms with van der Waals surface area (Å²) in [6, 6.07) is 9.27. The van der Waals surface area contributed by atoms with E-state index in [1.807, 2.05) is 0 Å². The van der Waals surface area contributed by atoms with Crippen molar-refractivity contribution in [2.75, 3.05) is 6.54 Å². The van der Waals surface area contributed by atoms with E-state index in [9.17, 15) is 14.0 Å². The van der Waals surface area contributed by atoms with Crippen molar-refractivity contribution in [2.45, 2.75) is 25.7 Å². The van der Waals surface area contributed by atoms with Crippen LogP contribution in [0.15, 0.2) is 53.6 Å². The fourth-order valence-electron chi connectivity index (χ4n) is 3.63. The number of pyridine rings is 1. The zero-order valence-corrected chi connectivity index (χ0v) is 15.8. The van der Waals surface area contributed by atoms with Crippen LogP contribution in [-0.2, 0) is 12.8 Å². The summed E-state index contributed by atoms with van der Waals surface area (Å²) in [5.41, 5.74) is 2.61. The van der Waals surface area contributed by atoms with Gasteiger partial charge in [-0.1, -0.05) is 0 Å². The van der Waals surface area contributed by atoms with Gasteiger partial charge in [-0.25, -0.2) is 9.37 Å². The lowest BCUT2D eigenvalue weighted by Crippen LogP contribution is -2.29. The third-order valence-corrected chi connectivity index (χ3v) is 5.30. The monoisotopic (exact) mass is 392 g/mol. The summed E-state index contributed by atoms with van der Waals surface area (Å²) < 4.78 is 13.2. The predicted octanol–water partition coefficient (Wildman–Crippen LogP) is 2.90. The van der Waals surface area contributed by atoms with Crippen molar-refractivity contribution in [3.63, 3.8) is 0 Å². The molecule has 0 saturated carbocycles. The van der Waals surface area contributed by atoms with Gasteiger partial charge in [-0.2, -0.15) is 0 Å². The molecule has 3 aromatic rings. The standard InChI is InChI=1S/C22H21FN4O2/c23-17-5-3-15(4-6-17)20-26-19-8-2-14(1-7-18(19)22(29)27-20)13-25-21(28)16-9-11-24-12-10-16/h3-6,9-12,14H,1-2,7-8,13H2,(H,25,28)(H,26,27,29). The number of rotatable bonds is 4. The van der Waals surface area contributed by atoms with E-state index in [2.05, 4.69) is 20.3 Å². The predicted molar refractivity (Wildman–Crippen MR) is 107 cm³/mol. The first-order valence-corrected chi connectivity index (χ1v) is 9.66. The van der Waals surface area contributed by atoms with E-state index in [0.717, 1.165) is 18.5 Å². The number of aromatic nitrogens is 3. The number of benzene rings is 1. The highest BCUT2D eigenvalue weighted by Gasteiger charge is 2.21. The van der Waals surface area contributed by atoms with Crippen LogP contribution in [0.2, 0.25) is 0 Å². The Labute approximate surface area is 167 Å². The molecule has 0 spiro atoms. The summed E-state index contributed by atoms with van der Waals surface area (Å²) in [5.74, 6) is 0.271. The van der Waals surface area contributed by atoms with Crippen LogP contribution in [0.25, 0.3) is 11.4 Å². The molecule has 0 radical (unpaired) electrons. The van der Waals surface area contributed by atoms with Crippen LogP contribution in [0.3, 0.4) is 0 Å². The van der Waals surface area contributed by atoms with Crippen LogP contribution in [0, 0.1) is 11.7 Å². The normalized spacial score (nSPS) is 16.0. The zero-order valence-electron chi connectivity index (χ0n) is 15.8. The number of nitrogens with zero attached hydrogens (tertiary/aromatic N) is 2. The van der Waals surface area contributed by atoms with Crippen molar-refractivity contribution >= 4 is 5.91 Å². The Kier molecular flexibility index (Phi) is 5.46. The second-order valence-electron chi connectivity index (χ2n) is 7.24. The minimum Gasteiger partial charge on any atom is -0.352 e. The topological polar surface area (TPSA) is 87.7 Å². The summed E-state index contributed by atoms with van der Waals surface area (Å²) in [6.07, 6.45) is 6.12. The SMILES string of the molecule is O=C(NCC1CCc2nc(-c3ccc(F)cc3)[nH]c(=O)c2CC1)c1ccncc1. The maximum absolute atomic E-state index is 13.2. The molecule has 1 aromatic carbocycles. The van der Waals surface area contributed by atoms with Crippen molar-refractivity contribution in [3.05, 3.63) is 81.8 Å². The molecule has 7 heteroatoms. The van der Waals surface area contributed by atoms with E-state index in [-0.39, 0.29) is 23.2 Å². The first-order valence-electron chi connectivity index (χ1n) is 9.66. The third kappa shape index (κ3) is 4.39. The Morgan fingerprint density at radius 3 is 2.59 bits per heavy atom. The summed E-state index contributed by atoms with van der Waals surface area (Å²) >= 11 is 0. The van der Waals surface area contributed by atoms with Crippen molar-refractivity contribution in [3.8, 4) is 11.4 Å². The quantitative estimate of drug-likeness (QED) is 0.669. The molecule has 1 atom stereocenters. The van der Waals surface area contributed by atoms with Gasteiger partial charge in [0.1, 0.15) is 11.6 Å². The lowest BCUT2D eigenvalue weighted by Gasteiger charge is -2.14. The average Bonchev–Trinajstić information content (AvgIpc) is 2.96. The summed E-state index contributed by atoms with van der Waals surface area (Å²) in [4.78, 5) is 36.2. The highest BCUT2D eigenvalue weighted by molar-refractivity contribution is 5.93. The molecule has 0 fully saturated rings. The molecule has 29 heavy (non-hydrogen) atoms. The molecular formula is C22H21FN4O2. The number of fused-ring (bicyclic) bond motifs is 1. The second-order valence-corrected chi connectivity index (χ2v) is 7.24. The molecule has 2 N–H and O–H groups in total. The van der Waals surface area contributed by atoms with E-state index in [4.69, 9.17) is 0 Å². The minimum atomic E-state index is -0.331. The van der Waals surface area contributed by atoms with Gasteiger partial charge in [-0.3, -0.25) is 14.6 Å². The number of carbonyl (C=O) groups excluding carboxylic acids is 1. The van der Waals surface area contributed by atoms with E-state index in [0.29, 0.717) is 41.9 Å². The largest absolute Gasteiger partial charge is 0.352 e.